The number of amides is 2. The van der Waals surface area contributed by atoms with Gasteiger partial charge in [-0.05, 0) is 12.0 Å². The summed E-state index contributed by atoms with van der Waals surface area (Å²) in [5, 5.41) is 2.86. The average Bonchev–Trinajstić information content (AvgIpc) is 2.99. The largest absolute Gasteiger partial charge is 0.496 e. The fraction of sp³-hybridized carbons (Fsp3) is 0.733. The van der Waals surface area contributed by atoms with Gasteiger partial charge in [0.2, 0.25) is 11.8 Å². The summed E-state index contributed by atoms with van der Waals surface area (Å²) >= 11 is 0. The first-order chi connectivity index (χ1) is 10.1. The molecular formula is C15H24N2O4. The van der Waals surface area contributed by atoms with Crippen molar-refractivity contribution >= 4 is 11.8 Å². The Hall–Kier alpha value is -1.56. The highest BCUT2D eigenvalue weighted by molar-refractivity contribution is 5.79. The summed E-state index contributed by atoms with van der Waals surface area (Å²) in [7, 11) is 0. The highest BCUT2D eigenvalue weighted by Gasteiger charge is 2.21. The molecule has 0 bridgehead atoms. The van der Waals surface area contributed by atoms with E-state index in [0.717, 1.165) is 6.42 Å². The molecule has 0 aromatic heterocycles. The van der Waals surface area contributed by atoms with E-state index in [2.05, 4.69) is 5.32 Å². The summed E-state index contributed by atoms with van der Waals surface area (Å²) in [4.78, 5) is 25.7. The van der Waals surface area contributed by atoms with E-state index in [1.807, 2.05) is 17.9 Å². The second kappa shape index (κ2) is 8.02. The number of morpholine rings is 1. The normalized spacial score (nSPS) is 22.7. The van der Waals surface area contributed by atoms with Crippen LogP contribution in [0.15, 0.2) is 12.3 Å². The highest BCUT2D eigenvalue weighted by atomic mass is 16.5. The molecule has 0 aromatic carbocycles. The summed E-state index contributed by atoms with van der Waals surface area (Å²) in [6, 6.07) is 0. The molecule has 2 rings (SSSR count). The molecule has 2 heterocycles. The van der Waals surface area contributed by atoms with E-state index < -0.39 is 0 Å². The number of hydrogen-bond acceptors (Lipinski definition) is 4. The molecule has 0 aliphatic carbocycles. The molecule has 0 saturated carbocycles. The molecule has 0 radical (unpaired) electrons. The number of ether oxygens (including phenoxy) is 2. The number of carbonyl (C=O) groups is 2. The van der Waals surface area contributed by atoms with Crippen LogP contribution in [0.25, 0.3) is 0 Å². The van der Waals surface area contributed by atoms with Crippen molar-refractivity contribution in [1.29, 1.82) is 0 Å². The minimum absolute atomic E-state index is 0.0206. The van der Waals surface area contributed by atoms with E-state index in [-0.39, 0.29) is 23.8 Å². The van der Waals surface area contributed by atoms with Gasteiger partial charge in [0.25, 0.3) is 0 Å². The second-order valence-corrected chi connectivity index (χ2v) is 5.68. The Bertz CT molecular complexity index is 383. The minimum Gasteiger partial charge on any atom is -0.496 e. The predicted octanol–water partition coefficient (Wildman–Crippen LogP) is 0.680. The van der Waals surface area contributed by atoms with E-state index in [9.17, 15) is 9.59 Å². The van der Waals surface area contributed by atoms with Gasteiger partial charge in [-0.2, -0.15) is 0 Å². The highest BCUT2D eigenvalue weighted by Crippen LogP contribution is 2.12. The Kier molecular flexibility index (Phi) is 6.04. The quantitative estimate of drug-likeness (QED) is 0.782. The molecule has 1 N–H and O–H groups in total. The van der Waals surface area contributed by atoms with Crippen LogP contribution >= 0.6 is 0 Å². The molecule has 0 aromatic rings. The molecule has 2 aliphatic rings. The van der Waals surface area contributed by atoms with Crippen LogP contribution in [0.3, 0.4) is 0 Å². The molecule has 1 saturated heterocycles. The minimum atomic E-state index is -0.0206. The lowest BCUT2D eigenvalue weighted by Crippen LogP contribution is -2.41. The zero-order valence-corrected chi connectivity index (χ0v) is 12.5. The molecule has 6 nitrogen and oxygen atoms in total. The van der Waals surface area contributed by atoms with Crippen molar-refractivity contribution < 1.29 is 19.1 Å². The summed E-state index contributed by atoms with van der Waals surface area (Å²) < 4.78 is 10.5. The fourth-order valence-corrected chi connectivity index (χ4v) is 2.49. The van der Waals surface area contributed by atoms with Crippen LogP contribution in [0.1, 0.15) is 26.2 Å². The van der Waals surface area contributed by atoms with Crippen molar-refractivity contribution in [3.63, 3.8) is 0 Å². The van der Waals surface area contributed by atoms with E-state index in [0.29, 0.717) is 45.7 Å². The number of carbonyl (C=O) groups excluding carboxylic acids is 2. The second-order valence-electron chi connectivity index (χ2n) is 5.68. The summed E-state index contributed by atoms with van der Waals surface area (Å²) in [6.45, 7) is 4.99. The lowest BCUT2D eigenvalue weighted by molar-refractivity contribution is -0.136. The van der Waals surface area contributed by atoms with Crippen molar-refractivity contribution in [3.05, 3.63) is 12.3 Å². The van der Waals surface area contributed by atoms with Gasteiger partial charge in [0.1, 0.15) is 6.10 Å². The first-order valence-corrected chi connectivity index (χ1v) is 7.58. The predicted molar refractivity (Wildman–Crippen MR) is 77.4 cm³/mol. The molecule has 6 heteroatoms. The Morgan fingerprint density at radius 1 is 1.33 bits per heavy atom. The number of nitrogens with zero attached hydrogens (tertiary/aromatic N) is 1. The molecule has 2 atom stereocenters. The Labute approximate surface area is 125 Å². The van der Waals surface area contributed by atoms with E-state index in [1.165, 1.54) is 0 Å². The van der Waals surface area contributed by atoms with E-state index in [1.54, 1.807) is 6.26 Å². The molecule has 21 heavy (non-hydrogen) atoms. The third kappa shape index (κ3) is 5.38. The zero-order chi connectivity index (χ0) is 15.1. The SMILES string of the molecule is C[C@@H](CC(=O)NCC1CC=CO1)CC(=O)N1CCOCC1. The van der Waals surface area contributed by atoms with Crippen molar-refractivity contribution in [2.75, 3.05) is 32.8 Å². The van der Waals surface area contributed by atoms with Crippen LogP contribution in [0.2, 0.25) is 0 Å². The van der Waals surface area contributed by atoms with Gasteiger partial charge >= 0.3 is 0 Å². The molecule has 118 valence electrons. The lowest BCUT2D eigenvalue weighted by Gasteiger charge is -2.27. The first kappa shape index (κ1) is 15.8. The molecular weight excluding hydrogens is 272 g/mol. The van der Waals surface area contributed by atoms with Crippen molar-refractivity contribution in [3.8, 4) is 0 Å². The van der Waals surface area contributed by atoms with Gasteiger partial charge in [0.15, 0.2) is 0 Å². The monoisotopic (exact) mass is 296 g/mol. The Balaban J connectivity index is 1.62. The van der Waals surface area contributed by atoms with Gasteiger partial charge in [-0.1, -0.05) is 6.92 Å². The number of rotatable bonds is 6. The maximum Gasteiger partial charge on any atom is 0.223 e. The van der Waals surface area contributed by atoms with Crippen LogP contribution in [0.4, 0.5) is 0 Å². The molecule has 2 aliphatic heterocycles. The van der Waals surface area contributed by atoms with Gasteiger partial charge in [-0.3, -0.25) is 9.59 Å². The van der Waals surface area contributed by atoms with Crippen LogP contribution in [0, 0.1) is 5.92 Å². The smallest absolute Gasteiger partial charge is 0.223 e. The molecule has 1 unspecified atom stereocenters. The molecule has 1 fully saturated rings. The summed E-state index contributed by atoms with van der Waals surface area (Å²) in [6.07, 6.45) is 5.29. The Morgan fingerprint density at radius 3 is 2.76 bits per heavy atom. The maximum absolute atomic E-state index is 12.1. The zero-order valence-electron chi connectivity index (χ0n) is 12.5. The molecule has 2 amide bonds. The van der Waals surface area contributed by atoms with Gasteiger partial charge in [-0.15, -0.1) is 0 Å². The number of nitrogens with one attached hydrogen (secondary N) is 1. The van der Waals surface area contributed by atoms with Gasteiger partial charge < -0.3 is 19.7 Å². The first-order valence-electron chi connectivity index (χ1n) is 7.58. The van der Waals surface area contributed by atoms with Crippen molar-refractivity contribution in [2.24, 2.45) is 5.92 Å². The summed E-state index contributed by atoms with van der Waals surface area (Å²) in [5.41, 5.74) is 0. The Morgan fingerprint density at radius 2 is 2.10 bits per heavy atom. The van der Waals surface area contributed by atoms with E-state index >= 15 is 0 Å². The third-order valence-corrected chi connectivity index (χ3v) is 3.71. The van der Waals surface area contributed by atoms with Gasteiger partial charge in [0.05, 0.1) is 26.0 Å². The standard InChI is InChI=1S/C15H24N2O4/c1-12(10-15(19)17-4-7-20-8-5-17)9-14(18)16-11-13-3-2-6-21-13/h2,6,12-13H,3-5,7-11H2,1H3,(H,16,18)/t12-,13?/m0/s1. The van der Waals surface area contributed by atoms with Crippen LogP contribution < -0.4 is 5.32 Å². The topological polar surface area (TPSA) is 67.9 Å². The number of hydrogen-bond donors (Lipinski definition) is 1. The third-order valence-electron chi connectivity index (χ3n) is 3.71. The molecule has 0 spiro atoms. The summed E-state index contributed by atoms with van der Waals surface area (Å²) in [5.74, 6) is 0.137. The lowest BCUT2D eigenvalue weighted by atomic mass is 10.0. The van der Waals surface area contributed by atoms with Crippen molar-refractivity contribution in [1.82, 2.24) is 10.2 Å². The van der Waals surface area contributed by atoms with Crippen LogP contribution in [0.5, 0.6) is 0 Å². The van der Waals surface area contributed by atoms with E-state index in [4.69, 9.17) is 9.47 Å². The van der Waals surface area contributed by atoms with Gasteiger partial charge in [-0.25, -0.2) is 0 Å². The van der Waals surface area contributed by atoms with Gasteiger partial charge in [0, 0.05) is 32.4 Å². The average molecular weight is 296 g/mol. The van der Waals surface area contributed by atoms with Crippen molar-refractivity contribution in [2.45, 2.75) is 32.3 Å². The fourth-order valence-electron chi connectivity index (χ4n) is 2.49. The maximum atomic E-state index is 12.1. The van der Waals surface area contributed by atoms with Crippen LogP contribution in [-0.2, 0) is 19.1 Å². The van der Waals surface area contributed by atoms with Crippen LogP contribution in [-0.4, -0.2) is 55.7 Å².